The van der Waals surface area contributed by atoms with Crippen LogP contribution in [0.5, 0.6) is 0 Å². The van der Waals surface area contributed by atoms with Crippen molar-refractivity contribution < 1.29 is 17.6 Å². The van der Waals surface area contributed by atoms with E-state index in [4.69, 9.17) is 0 Å². The maximum atomic E-state index is 13.8. The fraction of sp³-hybridized carbons (Fsp3) is 0.381. The molecule has 1 aliphatic rings. The molecule has 1 heterocycles. The highest BCUT2D eigenvalue weighted by Crippen LogP contribution is 2.21. The van der Waals surface area contributed by atoms with Crippen LogP contribution in [0.1, 0.15) is 41.3 Å². The lowest BCUT2D eigenvalue weighted by molar-refractivity contribution is 0.0698. The van der Waals surface area contributed by atoms with E-state index in [1.807, 2.05) is 24.3 Å². The molecule has 0 radical (unpaired) electrons. The van der Waals surface area contributed by atoms with Crippen LogP contribution in [0, 0.1) is 12.7 Å². The molecule has 7 heteroatoms. The number of nitrogens with zero attached hydrogens (tertiary/aromatic N) is 2. The molecule has 1 fully saturated rings. The predicted molar refractivity (Wildman–Crippen MR) is 106 cm³/mol. The third-order valence-electron chi connectivity index (χ3n) is 5.13. The lowest BCUT2D eigenvalue weighted by Gasteiger charge is -2.34. The van der Waals surface area contributed by atoms with E-state index >= 15 is 0 Å². The Morgan fingerprint density at radius 3 is 2.14 bits per heavy atom. The van der Waals surface area contributed by atoms with Gasteiger partial charge >= 0.3 is 0 Å². The van der Waals surface area contributed by atoms with Crippen molar-refractivity contribution in [3.8, 4) is 0 Å². The summed E-state index contributed by atoms with van der Waals surface area (Å²) in [6.45, 7) is 6.76. The summed E-state index contributed by atoms with van der Waals surface area (Å²) in [4.78, 5) is 14.3. The summed E-state index contributed by atoms with van der Waals surface area (Å²) in [6.07, 6.45) is 0. The highest BCUT2D eigenvalue weighted by molar-refractivity contribution is 7.89. The van der Waals surface area contributed by atoms with Crippen molar-refractivity contribution in [2.75, 3.05) is 26.2 Å². The molecule has 0 aliphatic carbocycles. The van der Waals surface area contributed by atoms with Gasteiger partial charge in [0, 0.05) is 31.7 Å². The molecular weight excluding hydrogens is 379 g/mol. The molecule has 2 aromatic rings. The van der Waals surface area contributed by atoms with Crippen molar-refractivity contribution >= 4 is 15.9 Å². The minimum absolute atomic E-state index is 0.0559. The molecule has 28 heavy (non-hydrogen) atoms. The van der Waals surface area contributed by atoms with E-state index in [-0.39, 0.29) is 23.9 Å². The van der Waals surface area contributed by atoms with Crippen molar-refractivity contribution in [3.63, 3.8) is 0 Å². The SMILES string of the molecule is Cc1ccc(S(=O)(=O)N2CCN(C(=O)c3ccc(C(C)C)cc3)CC2)cc1F. The van der Waals surface area contributed by atoms with Gasteiger partial charge in [0.05, 0.1) is 4.90 Å². The fourth-order valence-electron chi connectivity index (χ4n) is 3.21. The summed E-state index contributed by atoms with van der Waals surface area (Å²) >= 11 is 0. The third kappa shape index (κ3) is 4.10. The number of piperazine rings is 1. The topological polar surface area (TPSA) is 57.7 Å². The molecular formula is C21H25FN2O3S. The Kier molecular flexibility index (Phi) is 5.86. The molecule has 0 bridgehead atoms. The van der Waals surface area contributed by atoms with Crippen molar-refractivity contribution in [1.82, 2.24) is 9.21 Å². The minimum atomic E-state index is -3.77. The molecule has 0 atom stereocenters. The Bertz CT molecular complexity index is 964. The molecule has 0 N–H and O–H groups in total. The Balaban J connectivity index is 1.68. The summed E-state index contributed by atoms with van der Waals surface area (Å²) in [6, 6.07) is 11.5. The van der Waals surface area contributed by atoms with Crippen LogP contribution in [-0.4, -0.2) is 49.7 Å². The number of amides is 1. The van der Waals surface area contributed by atoms with Gasteiger partial charge in [-0.1, -0.05) is 32.0 Å². The average Bonchev–Trinajstić information content (AvgIpc) is 2.69. The van der Waals surface area contributed by atoms with Crippen molar-refractivity contribution in [2.45, 2.75) is 31.6 Å². The summed E-state index contributed by atoms with van der Waals surface area (Å²) in [5, 5.41) is 0. The van der Waals surface area contributed by atoms with E-state index in [1.165, 1.54) is 16.4 Å². The van der Waals surface area contributed by atoms with Gasteiger partial charge in [0.1, 0.15) is 5.82 Å². The molecule has 0 saturated carbocycles. The molecule has 0 spiro atoms. The second-order valence-electron chi connectivity index (χ2n) is 7.38. The number of aryl methyl sites for hydroxylation is 1. The van der Waals surface area contributed by atoms with Crippen LogP contribution >= 0.6 is 0 Å². The van der Waals surface area contributed by atoms with E-state index in [0.29, 0.717) is 30.1 Å². The van der Waals surface area contributed by atoms with Gasteiger partial charge in [0.25, 0.3) is 5.91 Å². The van der Waals surface area contributed by atoms with E-state index in [2.05, 4.69) is 13.8 Å². The van der Waals surface area contributed by atoms with Gasteiger partial charge in [-0.3, -0.25) is 4.79 Å². The summed E-state index contributed by atoms with van der Waals surface area (Å²) in [5.41, 5.74) is 2.16. The van der Waals surface area contributed by atoms with Crippen LogP contribution in [0.3, 0.4) is 0 Å². The zero-order chi connectivity index (χ0) is 20.5. The standard InChI is InChI=1S/C21H25FN2O3S/c1-15(2)17-5-7-18(8-6-17)21(25)23-10-12-24(13-11-23)28(26,27)19-9-4-16(3)20(22)14-19/h4-9,14-15H,10-13H2,1-3H3. The Morgan fingerprint density at radius 2 is 1.61 bits per heavy atom. The van der Waals surface area contributed by atoms with Gasteiger partial charge in [-0.25, -0.2) is 12.8 Å². The van der Waals surface area contributed by atoms with Gasteiger partial charge in [-0.2, -0.15) is 4.31 Å². The number of halogens is 1. The van der Waals surface area contributed by atoms with Crippen molar-refractivity contribution in [2.24, 2.45) is 0 Å². The largest absolute Gasteiger partial charge is 0.336 e. The molecule has 1 aliphatic heterocycles. The van der Waals surface area contributed by atoms with Gasteiger partial charge in [0.2, 0.25) is 10.0 Å². The van der Waals surface area contributed by atoms with E-state index in [0.717, 1.165) is 11.6 Å². The molecule has 150 valence electrons. The van der Waals surface area contributed by atoms with Crippen LogP contribution in [0.4, 0.5) is 4.39 Å². The summed E-state index contributed by atoms with van der Waals surface area (Å²) in [5.74, 6) is -0.252. The van der Waals surface area contributed by atoms with Crippen LogP contribution in [0.25, 0.3) is 0 Å². The molecule has 0 aromatic heterocycles. The smallest absolute Gasteiger partial charge is 0.253 e. The van der Waals surface area contributed by atoms with Crippen LogP contribution in [0.2, 0.25) is 0 Å². The number of hydrogen-bond acceptors (Lipinski definition) is 3. The Hall–Kier alpha value is -2.25. The fourth-order valence-corrected chi connectivity index (χ4v) is 4.64. The van der Waals surface area contributed by atoms with E-state index < -0.39 is 15.8 Å². The number of hydrogen-bond donors (Lipinski definition) is 0. The zero-order valence-corrected chi connectivity index (χ0v) is 17.2. The summed E-state index contributed by atoms with van der Waals surface area (Å²) < 4.78 is 40.6. The van der Waals surface area contributed by atoms with Crippen LogP contribution in [0.15, 0.2) is 47.4 Å². The summed E-state index contributed by atoms with van der Waals surface area (Å²) in [7, 11) is -3.77. The second-order valence-corrected chi connectivity index (χ2v) is 9.32. The highest BCUT2D eigenvalue weighted by Gasteiger charge is 2.30. The Morgan fingerprint density at radius 1 is 1.00 bits per heavy atom. The monoisotopic (exact) mass is 404 g/mol. The normalized spacial score (nSPS) is 15.8. The first kappa shape index (κ1) is 20.5. The first-order valence-electron chi connectivity index (χ1n) is 9.35. The molecule has 1 amide bonds. The zero-order valence-electron chi connectivity index (χ0n) is 16.4. The van der Waals surface area contributed by atoms with Crippen LogP contribution < -0.4 is 0 Å². The maximum absolute atomic E-state index is 13.8. The number of carbonyl (C=O) groups excluding carboxylic acids is 1. The molecule has 3 rings (SSSR count). The number of rotatable bonds is 4. The van der Waals surface area contributed by atoms with E-state index in [1.54, 1.807) is 11.8 Å². The lowest BCUT2D eigenvalue weighted by Crippen LogP contribution is -2.50. The third-order valence-corrected chi connectivity index (χ3v) is 7.03. The van der Waals surface area contributed by atoms with Gasteiger partial charge < -0.3 is 4.90 Å². The molecule has 2 aromatic carbocycles. The average molecular weight is 405 g/mol. The first-order valence-corrected chi connectivity index (χ1v) is 10.8. The van der Waals surface area contributed by atoms with Crippen molar-refractivity contribution in [3.05, 3.63) is 65.0 Å². The van der Waals surface area contributed by atoms with Gasteiger partial charge in [0.15, 0.2) is 0 Å². The minimum Gasteiger partial charge on any atom is -0.336 e. The van der Waals surface area contributed by atoms with E-state index in [9.17, 15) is 17.6 Å². The quantitative estimate of drug-likeness (QED) is 0.785. The van der Waals surface area contributed by atoms with Crippen molar-refractivity contribution in [1.29, 1.82) is 0 Å². The number of benzene rings is 2. The molecule has 5 nitrogen and oxygen atoms in total. The highest BCUT2D eigenvalue weighted by atomic mass is 32.2. The number of sulfonamides is 1. The predicted octanol–water partition coefficient (Wildman–Crippen LogP) is 3.40. The Labute approximate surface area is 165 Å². The van der Waals surface area contributed by atoms with Gasteiger partial charge in [-0.05, 0) is 48.2 Å². The van der Waals surface area contributed by atoms with Crippen LogP contribution in [-0.2, 0) is 10.0 Å². The lowest BCUT2D eigenvalue weighted by atomic mass is 10.0. The molecule has 1 saturated heterocycles. The number of carbonyl (C=O) groups is 1. The molecule has 0 unspecified atom stereocenters. The first-order chi connectivity index (χ1) is 13.2. The second kappa shape index (κ2) is 8.01. The maximum Gasteiger partial charge on any atom is 0.253 e. The van der Waals surface area contributed by atoms with Gasteiger partial charge in [-0.15, -0.1) is 0 Å².